The minimum absolute atomic E-state index is 0.128. The van der Waals surface area contributed by atoms with Gasteiger partial charge < -0.3 is 10.1 Å². The summed E-state index contributed by atoms with van der Waals surface area (Å²) in [5, 5.41) is 2.68. The maximum atomic E-state index is 11.9. The van der Waals surface area contributed by atoms with Crippen LogP contribution in [0.25, 0.3) is 0 Å². The molecule has 0 fully saturated rings. The van der Waals surface area contributed by atoms with Gasteiger partial charge in [0, 0.05) is 18.0 Å². The molecule has 0 saturated carbocycles. The fourth-order valence-corrected chi connectivity index (χ4v) is 1.87. The summed E-state index contributed by atoms with van der Waals surface area (Å²) in [6.07, 6.45) is 3.10. The zero-order chi connectivity index (χ0) is 15.9. The third-order valence-corrected chi connectivity index (χ3v) is 3.31. The van der Waals surface area contributed by atoms with Crippen LogP contribution in [0.1, 0.15) is 31.8 Å². The maximum absolute atomic E-state index is 11.9. The van der Waals surface area contributed by atoms with Crippen LogP contribution in [-0.4, -0.2) is 30.0 Å². The number of pyridine rings is 1. The summed E-state index contributed by atoms with van der Waals surface area (Å²) >= 11 is 0. The van der Waals surface area contributed by atoms with E-state index < -0.39 is 0 Å². The largest absolute Gasteiger partial charge is 0.460 e. The number of hydrogen-bond acceptors (Lipinski definition) is 4. The molecule has 0 aliphatic heterocycles. The van der Waals surface area contributed by atoms with Gasteiger partial charge in [-0.25, -0.2) is 4.79 Å². The first kappa shape index (κ1) is 15.7. The van der Waals surface area contributed by atoms with Crippen molar-refractivity contribution in [3.05, 3.63) is 65.0 Å². The van der Waals surface area contributed by atoms with Crippen molar-refractivity contribution in [1.82, 2.24) is 10.3 Å². The first-order valence-corrected chi connectivity index (χ1v) is 7.00. The van der Waals surface area contributed by atoms with E-state index in [1.54, 1.807) is 36.7 Å². The Morgan fingerprint density at radius 2 is 1.77 bits per heavy atom. The molecule has 2 aromatic rings. The number of ether oxygens (including phenoxy) is 1. The first-order chi connectivity index (χ1) is 10.6. The topological polar surface area (TPSA) is 68.3 Å². The van der Waals surface area contributed by atoms with E-state index in [0.29, 0.717) is 11.1 Å². The Labute approximate surface area is 129 Å². The van der Waals surface area contributed by atoms with Crippen molar-refractivity contribution in [2.45, 2.75) is 13.8 Å². The van der Waals surface area contributed by atoms with Gasteiger partial charge in [0.05, 0.1) is 12.1 Å². The SMILES string of the molecule is Cc1ccc(C(=O)OCCNC(=O)c2ccncc2)cc1C. The molecule has 114 valence electrons. The number of aryl methyl sites for hydroxylation is 2. The molecule has 22 heavy (non-hydrogen) atoms. The zero-order valence-electron chi connectivity index (χ0n) is 12.6. The summed E-state index contributed by atoms with van der Waals surface area (Å²) in [5.41, 5.74) is 3.21. The average Bonchev–Trinajstić information content (AvgIpc) is 2.54. The molecule has 5 heteroatoms. The molecule has 2 rings (SSSR count). The van der Waals surface area contributed by atoms with Crippen LogP contribution in [0.4, 0.5) is 0 Å². The molecule has 0 spiro atoms. The number of carbonyl (C=O) groups excluding carboxylic acids is 2. The highest BCUT2D eigenvalue weighted by atomic mass is 16.5. The quantitative estimate of drug-likeness (QED) is 0.679. The van der Waals surface area contributed by atoms with Gasteiger partial charge in [-0.1, -0.05) is 6.07 Å². The lowest BCUT2D eigenvalue weighted by Gasteiger charge is -2.08. The second-order valence-corrected chi connectivity index (χ2v) is 4.93. The number of nitrogens with one attached hydrogen (secondary N) is 1. The van der Waals surface area contributed by atoms with Crippen molar-refractivity contribution in [3.8, 4) is 0 Å². The summed E-state index contributed by atoms with van der Waals surface area (Å²) in [6, 6.07) is 8.66. The lowest BCUT2D eigenvalue weighted by atomic mass is 10.1. The van der Waals surface area contributed by atoms with Gasteiger partial charge in [0.25, 0.3) is 5.91 Å². The molecule has 1 heterocycles. The second kappa shape index (κ2) is 7.36. The molecule has 0 aliphatic rings. The van der Waals surface area contributed by atoms with Crippen LogP contribution in [0.15, 0.2) is 42.7 Å². The molecule has 1 aromatic heterocycles. The van der Waals surface area contributed by atoms with Gasteiger partial charge in [0.1, 0.15) is 6.61 Å². The Kier molecular flexibility index (Phi) is 5.25. The average molecular weight is 298 g/mol. The highest BCUT2D eigenvalue weighted by Crippen LogP contribution is 2.10. The molecule has 1 amide bonds. The number of esters is 1. The number of aromatic nitrogens is 1. The Hall–Kier alpha value is -2.69. The van der Waals surface area contributed by atoms with E-state index >= 15 is 0 Å². The van der Waals surface area contributed by atoms with Gasteiger partial charge in [-0.3, -0.25) is 9.78 Å². The van der Waals surface area contributed by atoms with E-state index in [1.165, 1.54) is 0 Å². The Balaban J connectivity index is 1.78. The van der Waals surface area contributed by atoms with Crippen molar-refractivity contribution in [3.63, 3.8) is 0 Å². The van der Waals surface area contributed by atoms with Gasteiger partial charge >= 0.3 is 5.97 Å². The van der Waals surface area contributed by atoms with Gasteiger partial charge in [0.15, 0.2) is 0 Å². The van der Waals surface area contributed by atoms with Crippen LogP contribution in [0.3, 0.4) is 0 Å². The lowest BCUT2D eigenvalue weighted by Crippen LogP contribution is -2.28. The molecule has 5 nitrogen and oxygen atoms in total. The van der Waals surface area contributed by atoms with Crippen LogP contribution < -0.4 is 5.32 Å². The molecule has 0 bridgehead atoms. The van der Waals surface area contributed by atoms with Crippen LogP contribution in [0.2, 0.25) is 0 Å². The predicted octanol–water partition coefficient (Wildman–Crippen LogP) is 2.29. The fraction of sp³-hybridized carbons (Fsp3) is 0.235. The van der Waals surface area contributed by atoms with Gasteiger partial charge in [-0.05, 0) is 49.2 Å². The van der Waals surface area contributed by atoms with E-state index in [4.69, 9.17) is 4.74 Å². The number of carbonyl (C=O) groups is 2. The minimum atomic E-state index is -0.388. The van der Waals surface area contributed by atoms with E-state index in [1.807, 2.05) is 19.9 Å². The standard InChI is InChI=1S/C17H18N2O3/c1-12-3-4-15(11-13(12)2)17(21)22-10-9-19-16(20)14-5-7-18-8-6-14/h3-8,11H,9-10H2,1-2H3,(H,19,20). The van der Waals surface area contributed by atoms with Gasteiger partial charge in [-0.15, -0.1) is 0 Å². The van der Waals surface area contributed by atoms with E-state index in [0.717, 1.165) is 11.1 Å². The van der Waals surface area contributed by atoms with Crippen LogP contribution >= 0.6 is 0 Å². The summed E-state index contributed by atoms with van der Waals surface area (Å²) in [4.78, 5) is 27.5. The maximum Gasteiger partial charge on any atom is 0.338 e. The van der Waals surface area contributed by atoms with E-state index in [-0.39, 0.29) is 25.0 Å². The number of rotatable bonds is 5. The predicted molar refractivity (Wildman–Crippen MR) is 82.8 cm³/mol. The Bertz CT molecular complexity index is 669. The first-order valence-electron chi connectivity index (χ1n) is 7.00. The zero-order valence-corrected chi connectivity index (χ0v) is 12.6. The molecular formula is C17H18N2O3. The number of nitrogens with zero attached hydrogens (tertiary/aromatic N) is 1. The molecular weight excluding hydrogens is 280 g/mol. The van der Waals surface area contributed by atoms with E-state index in [2.05, 4.69) is 10.3 Å². The number of hydrogen-bond donors (Lipinski definition) is 1. The van der Waals surface area contributed by atoms with Crippen molar-refractivity contribution in [1.29, 1.82) is 0 Å². The monoisotopic (exact) mass is 298 g/mol. The normalized spacial score (nSPS) is 10.1. The van der Waals surface area contributed by atoms with Crippen LogP contribution in [0, 0.1) is 13.8 Å². The summed E-state index contributed by atoms with van der Waals surface area (Å²) in [5.74, 6) is -0.606. The highest BCUT2D eigenvalue weighted by molar-refractivity contribution is 5.94. The summed E-state index contributed by atoms with van der Waals surface area (Å²) in [7, 11) is 0. The third-order valence-electron chi connectivity index (χ3n) is 3.31. The Morgan fingerprint density at radius 3 is 2.45 bits per heavy atom. The highest BCUT2D eigenvalue weighted by Gasteiger charge is 2.09. The molecule has 0 aliphatic carbocycles. The lowest BCUT2D eigenvalue weighted by molar-refractivity contribution is 0.0503. The van der Waals surface area contributed by atoms with Crippen molar-refractivity contribution in [2.24, 2.45) is 0 Å². The molecule has 0 radical (unpaired) electrons. The van der Waals surface area contributed by atoms with E-state index in [9.17, 15) is 9.59 Å². The van der Waals surface area contributed by atoms with Gasteiger partial charge in [-0.2, -0.15) is 0 Å². The van der Waals surface area contributed by atoms with Crippen LogP contribution in [-0.2, 0) is 4.74 Å². The molecule has 0 unspecified atom stereocenters. The molecule has 0 saturated heterocycles. The Morgan fingerprint density at radius 1 is 1.05 bits per heavy atom. The smallest absolute Gasteiger partial charge is 0.338 e. The second-order valence-electron chi connectivity index (χ2n) is 4.93. The fourth-order valence-electron chi connectivity index (χ4n) is 1.87. The van der Waals surface area contributed by atoms with Crippen molar-refractivity contribution >= 4 is 11.9 Å². The molecule has 1 N–H and O–H groups in total. The molecule has 0 atom stereocenters. The van der Waals surface area contributed by atoms with Crippen molar-refractivity contribution < 1.29 is 14.3 Å². The molecule has 1 aromatic carbocycles. The number of benzene rings is 1. The van der Waals surface area contributed by atoms with Gasteiger partial charge in [0.2, 0.25) is 0 Å². The van der Waals surface area contributed by atoms with Crippen LogP contribution in [0.5, 0.6) is 0 Å². The summed E-state index contributed by atoms with van der Waals surface area (Å²) in [6.45, 7) is 4.32. The van der Waals surface area contributed by atoms with Crippen molar-refractivity contribution in [2.75, 3.05) is 13.2 Å². The third kappa shape index (κ3) is 4.15. The minimum Gasteiger partial charge on any atom is -0.460 e. The number of amides is 1. The summed E-state index contributed by atoms with van der Waals surface area (Å²) < 4.78 is 5.14.